The second-order valence-corrected chi connectivity index (χ2v) is 14.2. The van der Waals surface area contributed by atoms with E-state index in [-0.39, 0.29) is 17.2 Å². The highest BCUT2D eigenvalue weighted by molar-refractivity contribution is 8.01. The Hall–Kier alpha value is -2.99. The molecule has 14 nitrogen and oxygen atoms in total. The monoisotopic (exact) mass is 668 g/mol. The molecular formula is C27H36N6O8S3. The molecule has 17 heteroatoms. The number of carbonyl (C=O) groups is 3. The molecule has 3 atom stereocenters. The van der Waals surface area contributed by atoms with Gasteiger partial charge in [0.25, 0.3) is 21.9 Å². The minimum absolute atomic E-state index is 0.0997. The molecule has 1 saturated heterocycles. The average molecular weight is 669 g/mol. The second kappa shape index (κ2) is 15.8. The highest BCUT2D eigenvalue weighted by atomic mass is 32.2. The normalized spacial score (nSPS) is 19.0. The van der Waals surface area contributed by atoms with Gasteiger partial charge in [0.15, 0.2) is 6.10 Å². The van der Waals surface area contributed by atoms with Gasteiger partial charge in [-0.2, -0.15) is 8.42 Å². The molecule has 4 N–H and O–H groups in total. The maximum absolute atomic E-state index is 13.0. The number of unbranched alkanes of at least 4 members (excludes halogenated alkanes) is 7. The minimum Gasteiger partial charge on any atom is -0.477 e. The maximum atomic E-state index is 13.0. The van der Waals surface area contributed by atoms with Gasteiger partial charge < -0.3 is 15.5 Å². The summed E-state index contributed by atoms with van der Waals surface area (Å²) in [4.78, 5) is 39.0. The van der Waals surface area contributed by atoms with Crippen LogP contribution in [0.3, 0.4) is 0 Å². The molecule has 1 aromatic carbocycles. The minimum atomic E-state index is -3.88. The summed E-state index contributed by atoms with van der Waals surface area (Å²) in [6.45, 7) is 0.603. The van der Waals surface area contributed by atoms with Gasteiger partial charge in [-0.15, -0.1) is 16.9 Å². The summed E-state index contributed by atoms with van der Waals surface area (Å²) in [5.41, 5.74) is 0.844. The van der Waals surface area contributed by atoms with Crippen molar-refractivity contribution in [2.45, 2.75) is 80.6 Å². The van der Waals surface area contributed by atoms with E-state index in [0.717, 1.165) is 44.9 Å². The molecule has 1 unspecified atom stereocenters. The number of rotatable bonds is 18. The first kappa shape index (κ1) is 33.9. The number of benzene rings is 1. The summed E-state index contributed by atoms with van der Waals surface area (Å²) in [5, 5.41) is 34.7. The number of carboxylic acid groups (broad SMARTS) is 1. The van der Waals surface area contributed by atoms with Crippen molar-refractivity contribution in [3.05, 3.63) is 47.2 Å². The molecule has 0 radical (unpaired) electrons. The van der Waals surface area contributed by atoms with Crippen molar-refractivity contribution in [2.75, 3.05) is 17.3 Å². The topological polar surface area (TPSA) is 205 Å². The van der Waals surface area contributed by atoms with E-state index < -0.39 is 45.4 Å². The van der Waals surface area contributed by atoms with Gasteiger partial charge in [-0.3, -0.25) is 19.0 Å². The van der Waals surface area contributed by atoms with Gasteiger partial charge >= 0.3 is 5.97 Å². The third-order valence-electron chi connectivity index (χ3n) is 7.31. The van der Waals surface area contributed by atoms with Crippen LogP contribution < -0.4 is 5.32 Å². The Balaban J connectivity index is 1.23. The van der Waals surface area contributed by atoms with E-state index in [4.69, 9.17) is 4.55 Å². The summed E-state index contributed by atoms with van der Waals surface area (Å²) in [6, 6.07) is 7.40. The Morgan fingerprint density at radius 1 is 1.07 bits per heavy atom. The summed E-state index contributed by atoms with van der Waals surface area (Å²) < 4.78 is 31.9. The zero-order valence-electron chi connectivity index (χ0n) is 23.9. The number of tetrazole rings is 1. The second-order valence-electron chi connectivity index (χ2n) is 10.6. The number of carboxylic acids is 1. The third-order valence-corrected chi connectivity index (χ3v) is 10.5. The fourth-order valence-corrected chi connectivity index (χ4v) is 7.97. The van der Waals surface area contributed by atoms with Crippen LogP contribution in [0.25, 0.3) is 0 Å². The zero-order chi connectivity index (χ0) is 31.7. The van der Waals surface area contributed by atoms with E-state index in [1.165, 1.54) is 28.4 Å². The van der Waals surface area contributed by atoms with E-state index in [1.807, 2.05) is 0 Å². The van der Waals surface area contributed by atoms with Crippen molar-refractivity contribution in [1.29, 1.82) is 0 Å². The first-order valence-corrected chi connectivity index (χ1v) is 18.0. The molecule has 44 heavy (non-hydrogen) atoms. The van der Waals surface area contributed by atoms with Crippen LogP contribution in [-0.2, 0) is 31.0 Å². The lowest BCUT2D eigenvalue weighted by atomic mass is 10.0. The number of aromatic nitrogens is 4. The van der Waals surface area contributed by atoms with Gasteiger partial charge in [-0.1, -0.05) is 80.6 Å². The number of carbonyl (C=O) groups excluding carboxylic acids is 2. The van der Waals surface area contributed by atoms with Crippen LogP contribution in [0.5, 0.6) is 0 Å². The Labute approximate surface area is 263 Å². The third kappa shape index (κ3) is 9.03. The van der Waals surface area contributed by atoms with E-state index in [2.05, 4.69) is 20.8 Å². The van der Waals surface area contributed by atoms with Crippen molar-refractivity contribution in [1.82, 2.24) is 30.4 Å². The molecule has 2 aliphatic rings. The van der Waals surface area contributed by atoms with Crippen LogP contribution >= 0.6 is 23.5 Å². The standard InChI is InChI=1S/C27H36N6O8S3/c34-22(18-12-8-7-9-13-18)23(35)28-20-24(36)33-21(26(37)38)19(16-42-25(20)33)17-43-27-29-30-31-32(27)14-10-5-3-1-2-4-6-11-15-44(39,40)41/h7-9,12-13,20,22,25,34H,1-6,10-11,14-17H2,(H,28,35)(H,37,38)(H,39,40,41)/t20?,22-,25-/m1/s1. The quantitative estimate of drug-likeness (QED) is 0.0780. The number of aliphatic hydroxyl groups excluding tert-OH is 1. The highest BCUT2D eigenvalue weighted by Crippen LogP contribution is 2.41. The molecule has 0 saturated carbocycles. The summed E-state index contributed by atoms with van der Waals surface area (Å²) in [7, 11) is -3.88. The molecule has 240 valence electrons. The zero-order valence-corrected chi connectivity index (χ0v) is 26.4. The first-order chi connectivity index (χ1) is 21.1. The predicted octanol–water partition coefficient (Wildman–Crippen LogP) is 2.25. The van der Waals surface area contributed by atoms with Crippen LogP contribution in [-0.4, -0.2) is 94.7 Å². The number of aliphatic hydroxyl groups is 1. The molecule has 1 aromatic heterocycles. The number of amides is 2. The van der Waals surface area contributed by atoms with Crippen LogP contribution in [0, 0.1) is 0 Å². The molecule has 3 heterocycles. The summed E-state index contributed by atoms with van der Waals surface area (Å²) in [5.74, 6) is -2.07. The number of thioether (sulfide) groups is 2. The highest BCUT2D eigenvalue weighted by Gasteiger charge is 2.54. The van der Waals surface area contributed by atoms with Gasteiger partial charge in [-0.25, -0.2) is 9.48 Å². The van der Waals surface area contributed by atoms with Crippen molar-refractivity contribution in [3.8, 4) is 0 Å². The number of nitrogens with one attached hydrogen (secondary N) is 1. The molecule has 0 bridgehead atoms. The number of aliphatic carboxylic acids is 1. The molecule has 2 aromatic rings. The van der Waals surface area contributed by atoms with E-state index >= 15 is 0 Å². The summed E-state index contributed by atoms with van der Waals surface area (Å²) in [6.07, 6.45) is 5.59. The number of nitrogens with zero attached hydrogens (tertiary/aromatic N) is 5. The predicted molar refractivity (Wildman–Crippen MR) is 163 cm³/mol. The van der Waals surface area contributed by atoms with E-state index in [0.29, 0.717) is 35.0 Å². The van der Waals surface area contributed by atoms with Crippen molar-refractivity contribution in [2.24, 2.45) is 0 Å². The maximum Gasteiger partial charge on any atom is 0.352 e. The smallest absolute Gasteiger partial charge is 0.352 e. The van der Waals surface area contributed by atoms with Gasteiger partial charge in [0, 0.05) is 18.1 Å². The van der Waals surface area contributed by atoms with Crippen LogP contribution in [0.4, 0.5) is 0 Å². The molecule has 2 amide bonds. The number of hydrogen-bond acceptors (Lipinski definition) is 11. The lowest BCUT2D eigenvalue weighted by molar-refractivity contribution is -0.151. The molecular weight excluding hydrogens is 633 g/mol. The van der Waals surface area contributed by atoms with Gasteiger partial charge in [0.1, 0.15) is 17.1 Å². The Bertz CT molecular complexity index is 1450. The van der Waals surface area contributed by atoms with E-state index in [1.54, 1.807) is 35.0 Å². The summed E-state index contributed by atoms with van der Waals surface area (Å²) >= 11 is 2.65. The Morgan fingerprint density at radius 2 is 1.73 bits per heavy atom. The Morgan fingerprint density at radius 3 is 2.39 bits per heavy atom. The number of fused-ring (bicyclic) bond motifs is 1. The fourth-order valence-electron chi connectivity index (χ4n) is 5.01. The molecule has 0 aliphatic carbocycles. The lowest BCUT2D eigenvalue weighted by Crippen LogP contribution is -2.70. The SMILES string of the molecule is O=C(O)C1=C(CSc2nnnn2CCCCCCCCCCS(=O)(=O)O)CS[C@@H]2C(NC(=O)[C@H](O)c3ccccc3)C(=O)N12. The molecule has 2 aliphatic heterocycles. The van der Waals surface area contributed by atoms with Crippen molar-refractivity contribution in [3.63, 3.8) is 0 Å². The van der Waals surface area contributed by atoms with Crippen molar-refractivity contribution < 1.29 is 37.6 Å². The number of aryl methyl sites for hydroxylation is 1. The average Bonchev–Trinajstić information content (AvgIpc) is 3.45. The number of β-lactam (4-membered cyclic amide) rings is 1. The molecule has 4 rings (SSSR count). The van der Waals surface area contributed by atoms with Crippen molar-refractivity contribution >= 4 is 51.4 Å². The van der Waals surface area contributed by atoms with E-state index in [9.17, 15) is 33.0 Å². The van der Waals surface area contributed by atoms with Crippen LogP contribution in [0.15, 0.2) is 46.8 Å². The first-order valence-electron chi connectivity index (χ1n) is 14.3. The lowest BCUT2D eigenvalue weighted by Gasteiger charge is -2.49. The number of hydrogen-bond donors (Lipinski definition) is 4. The molecule has 0 spiro atoms. The van der Waals surface area contributed by atoms with Gasteiger partial charge in [-0.05, 0) is 34.4 Å². The largest absolute Gasteiger partial charge is 0.477 e. The van der Waals surface area contributed by atoms with Gasteiger partial charge in [0.05, 0.1) is 5.75 Å². The van der Waals surface area contributed by atoms with Crippen LogP contribution in [0.2, 0.25) is 0 Å². The van der Waals surface area contributed by atoms with Crippen LogP contribution in [0.1, 0.15) is 63.0 Å². The Kier molecular flexibility index (Phi) is 12.2. The van der Waals surface area contributed by atoms with Gasteiger partial charge in [0.2, 0.25) is 5.16 Å². The fraction of sp³-hybridized carbons (Fsp3) is 0.556. The molecule has 1 fully saturated rings.